The van der Waals surface area contributed by atoms with Crippen LogP contribution in [0.15, 0.2) is 39.3 Å². The molecular formula is C17H16Br2O3. The van der Waals surface area contributed by atoms with Crippen molar-refractivity contribution in [1.29, 1.82) is 0 Å². The molecule has 2 rings (SSSR count). The number of aryl methyl sites for hydroxylation is 3. The highest BCUT2D eigenvalue weighted by atomic mass is 79.9. The highest BCUT2D eigenvalue weighted by Gasteiger charge is 2.12. The van der Waals surface area contributed by atoms with Gasteiger partial charge in [-0.25, -0.2) is 4.79 Å². The van der Waals surface area contributed by atoms with Crippen LogP contribution in [0.25, 0.3) is 0 Å². The van der Waals surface area contributed by atoms with Gasteiger partial charge in [-0.3, -0.25) is 0 Å². The highest BCUT2D eigenvalue weighted by molar-refractivity contribution is 9.10. The van der Waals surface area contributed by atoms with Crippen LogP contribution >= 0.6 is 31.9 Å². The number of carbonyl (C=O) groups excluding carboxylic acids is 1. The Labute approximate surface area is 146 Å². The summed E-state index contributed by atoms with van der Waals surface area (Å²) in [5.41, 5.74) is 2.85. The lowest BCUT2D eigenvalue weighted by atomic mass is 10.1. The first-order chi connectivity index (χ1) is 10.4. The summed E-state index contributed by atoms with van der Waals surface area (Å²) in [6.07, 6.45) is 0. The molecule has 0 unspecified atom stereocenters. The van der Waals surface area contributed by atoms with E-state index in [0.29, 0.717) is 11.5 Å². The summed E-state index contributed by atoms with van der Waals surface area (Å²) in [5, 5.41) is 0. The Morgan fingerprint density at radius 3 is 2.23 bits per heavy atom. The Kier molecular flexibility index (Phi) is 5.64. The van der Waals surface area contributed by atoms with Gasteiger partial charge in [0.1, 0.15) is 11.5 Å². The fourth-order valence-corrected chi connectivity index (χ4v) is 2.98. The third kappa shape index (κ3) is 4.34. The summed E-state index contributed by atoms with van der Waals surface area (Å²) in [6.45, 7) is 5.64. The van der Waals surface area contributed by atoms with Crippen molar-refractivity contribution in [1.82, 2.24) is 0 Å². The van der Waals surface area contributed by atoms with Crippen LogP contribution in [0.2, 0.25) is 0 Å². The first-order valence-electron chi connectivity index (χ1n) is 6.73. The Morgan fingerprint density at radius 2 is 1.64 bits per heavy atom. The molecule has 2 aromatic rings. The number of hydrogen-bond acceptors (Lipinski definition) is 3. The quantitative estimate of drug-likeness (QED) is 0.501. The van der Waals surface area contributed by atoms with Crippen molar-refractivity contribution in [2.24, 2.45) is 0 Å². The molecular weight excluding hydrogens is 412 g/mol. The summed E-state index contributed by atoms with van der Waals surface area (Å²) >= 11 is 6.84. The van der Waals surface area contributed by atoms with E-state index in [1.807, 2.05) is 45.0 Å². The molecule has 0 heterocycles. The SMILES string of the molecule is Cc1cc(OCC(=O)Oc2c(C)cc(Br)cc2C)ccc1Br. The molecule has 0 radical (unpaired) electrons. The lowest BCUT2D eigenvalue weighted by Crippen LogP contribution is -2.18. The molecule has 0 saturated heterocycles. The molecule has 0 atom stereocenters. The summed E-state index contributed by atoms with van der Waals surface area (Å²) in [7, 11) is 0. The van der Waals surface area contributed by atoms with Crippen LogP contribution in [0, 0.1) is 20.8 Å². The maximum absolute atomic E-state index is 12.0. The molecule has 0 aliphatic heterocycles. The monoisotopic (exact) mass is 426 g/mol. The van der Waals surface area contributed by atoms with Gasteiger partial charge in [0.2, 0.25) is 0 Å². The standard InChI is InChI=1S/C17H16Br2O3/c1-10-8-14(4-5-15(10)19)21-9-16(20)22-17-11(2)6-13(18)7-12(17)3/h4-8H,9H2,1-3H3. The maximum atomic E-state index is 12.0. The lowest BCUT2D eigenvalue weighted by molar-refractivity contribution is -0.136. The third-order valence-electron chi connectivity index (χ3n) is 3.13. The second-order valence-corrected chi connectivity index (χ2v) is 6.81. The number of rotatable bonds is 4. The van der Waals surface area contributed by atoms with Crippen LogP contribution in [0.5, 0.6) is 11.5 Å². The minimum absolute atomic E-state index is 0.129. The molecule has 0 amide bonds. The van der Waals surface area contributed by atoms with E-state index < -0.39 is 5.97 Å². The minimum Gasteiger partial charge on any atom is -0.482 e. The van der Waals surface area contributed by atoms with Gasteiger partial charge in [0.25, 0.3) is 0 Å². The molecule has 0 spiro atoms. The summed E-state index contributed by atoms with van der Waals surface area (Å²) in [6, 6.07) is 9.39. The second-order valence-electron chi connectivity index (χ2n) is 5.04. The van der Waals surface area contributed by atoms with Crippen molar-refractivity contribution in [3.05, 3.63) is 56.0 Å². The van der Waals surface area contributed by atoms with Crippen LogP contribution in [0.3, 0.4) is 0 Å². The number of benzene rings is 2. The number of ether oxygens (including phenoxy) is 2. The van der Waals surface area contributed by atoms with E-state index in [2.05, 4.69) is 31.9 Å². The highest BCUT2D eigenvalue weighted by Crippen LogP contribution is 2.27. The van der Waals surface area contributed by atoms with Crippen molar-refractivity contribution < 1.29 is 14.3 Å². The van der Waals surface area contributed by atoms with Gasteiger partial charge in [0.15, 0.2) is 6.61 Å². The van der Waals surface area contributed by atoms with E-state index in [1.54, 1.807) is 6.07 Å². The number of esters is 1. The van der Waals surface area contributed by atoms with Crippen molar-refractivity contribution in [3.8, 4) is 11.5 Å². The molecule has 5 heteroatoms. The van der Waals surface area contributed by atoms with Crippen LogP contribution in [-0.2, 0) is 4.79 Å². The predicted octanol–water partition coefficient (Wildman–Crippen LogP) is 5.12. The zero-order valence-electron chi connectivity index (χ0n) is 12.6. The van der Waals surface area contributed by atoms with Gasteiger partial charge in [-0.15, -0.1) is 0 Å². The van der Waals surface area contributed by atoms with Crippen LogP contribution in [0.4, 0.5) is 0 Å². The van der Waals surface area contributed by atoms with Gasteiger partial charge in [-0.05, 0) is 67.8 Å². The van der Waals surface area contributed by atoms with Gasteiger partial charge >= 0.3 is 5.97 Å². The average Bonchev–Trinajstić information content (AvgIpc) is 2.44. The summed E-state index contributed by atoms with van der Waals surface area (Å²) in [5.74, 6) is 0.805. The van der Waals surface area contributed by atoms with Gasteiger partial charge in [-0.2, -0.15) is 0 Å². The number of halogens is 2. The molecule has 0 aromatic heterocycles. The fourth-order valence-electron chi connectivity index (χ4n) is 2.05. The molecule has 0 fully saturated rings. The largest absolute Gasteiger partial charge is 0.482 e. The fraction of sp³-hybridized carbons (Fsp3) is 0.235. The predicted molar refractivity (Wildman–Crippen MR) is 93.6 cm³/mol. The molecule has 0 aliphatic rings. The van der Waals surface area contributed by atoms with E-state index in [0.717, 1.165) is 25.6 Å². The molecule has 3 nitrogen and oxygen atoms in total. The molecule has 116 valence electrons. The smallest absolute Gasteiger partial charge is 0.349 e. The van der Waals surface area contributed by atoms with Gasteiger partial charge in [0, 0.05) is 8.95 Å². The zero-order valence-corrected chi connectivity index (χ0v) is 15.7. The van der Waals surface area contributed by atoms with Crippen molar-refractivity contribution in [2.75, 3.05) is 6.61 Å². The van der Waals surface area contributed by atoms with E-state index >= 15 is 0 Å². The van der Waals surface area contributed by atoms with Crippen LogP contribution in [-0.4, -0.2) is 12.6 Å². The van der Waals surface area contributed by atoms with E-state index in [1.165, 1.54) is 0 Å². The zero-order chi connectivity index (χ0) is 16.3. The average molecular weight is 428 g/mol. The molecule has 2 aromatic carbocycles. The van der Waals surface area contributed by atoms with Crippen molar-refractivity contribution >= 4 is 37.8 Å². The third-order valence-corrected chi connectivity index (χ3v) is 4.47. The number of carbonyl (C=O) groups is 1. The normalized spacial score (nSPS) is 10.4. The minimum atomic E-state index is -0.422. The molecule has 22 heavy (non-hydrogen) atoms. The van der Waals surface area contributed by atoms with Gasteiger partial charge in [-0.1, -0.05) is 31.9 Å². The van der Waals surface area contributed by atoms with E-state index in [4.69, 9.17) is 9.47 Å². The van der Waals surface area contributed by atoms with Crippen LogP contribution < -0.4 is 9.47 Å². The Bertz CT molecular complexity index is 688. The van der Waals surface area contributed by atoms with Crippen molar-refractivity contribution in [3.63, 3.8) is 0 Å². The maximum Gasteiger partial charge on any atom is 0.349 e. The lowest BCUT2D eigenvalue weighted by Gasteiger charge is -2.12. The van der Waals surface area contributed by atoms with Gasteiger partial charge in [0.05, 0.1) is 0 Å². The summed E-state index contributed by atoms with van der Waals surface area (Å²) < 4.78 is 12.9. The van der Waals surface area contributed by atoms with E-state index in [-0.39, 0.29) is 6.61 Å². The topological polar surface area (TPSA) is 35.5 Å². The Hall–Kier alpha value is -1.33. The van der Waals surface area contributed by atoms with Gasteiger partial charge < -0.3 is 9.47 Å². The van der Waals surface area contributed by atoms with Crippen LogP contribution in [0.1, 0.15) is 16.7 Å². The number of hydrogen-bond donors (Lipinski definition) is 0. The first kappa shape index (κ1) is 17.0. The van der Waals surface area contributed by atoms with E-state index in [9.17, 15) is 4.79 Å². The molecule has 0 N–H and O–H groups in total. The Morgan fingerprint density at radius 1 is 1.00 bits per heavy atom. The first-order valence-corrected chi connectivity index (χ1v) is 8.32. The Balaban J connectivity index is 2.00. The molecule has 0 bridgehead atoms. The van der Waals surface area contributed by atoms with Crippen molar-refractivity contribution in [2.45, 2.75) is 20.8 Å². The second kappa shape index (κ2) is 7.29. The molecule has 0 saturated carbocycles. The summed E-state index contributed by atoms with van der Waals surface area (Å²) in [4.78, 5) is 12.0. The molecule has 0 aliphatic carbocycles.